The zero-order valence-corrected chi connectivity index (χ0v) is 23.4. The van der Waals surface area contributed by atoms with E-state index in [9.17, 15) is 14.0 Å². The van der Waals surface area contributed by atoms with E-state index in [0.29, 0.717) is 16.8 Å². The maximum absolute atomic E-state index is 15.2. The van der Waals surface area contributed by atoms with E-state index in [1.807, 2.05) is 6.07 Å². The smallest absolute Gasteiger partial charge is 0.325 e. The fourth-order valence-corrected chi connectivity index (χ4v) is 4.62. The van der Waals surface area contributed by atoms with E-state index < -0.39 is 23.0 Å². The van der Waals surface area contributed by atoms with Crippen molar-refractivity contribution in [2.45, 2.75) is 19.9 Å². The number of hydrogen-bond acceptors (Lipinski definition) is 8. The molecule has 5 rings (SSSR count). The largest absolute Gasteiger partial charge is 0.465 e. The number of nitriles is 1. The van der Waals surface area contributed by atoms with E-state index in [-0.39, 0.29) is 58.5 Å². The summed E-state index contributed by atoms with van der Waals surface area (Å²) < 4.78 is 41.1. The molecule has 0 aliphatic carbocycles. The van der Waals surface area contributed by atoms with Gasteiger partial charge >= 0.3 is 5.97 Å². The Labute approximate surface area is 248 Å². The third-order valence-corrected chi connectivity index (χ3v) is 6.75. The second-order valence-corrected chi connectivity index (χ2v) is 9.52. The van der Waals surface area contributed by atoms with Gasteiger partial charge in [-0.3, -0.25) is 14.6 Å². The van der Waals surface area contributed by atoms with Crippen LogP contribution in [0.4, 0.5) is 20.3 Å². The third-order valence-electron chi connectivity index (χ3n) is 6.34. The summed E-state index contributed by atoms with van der Waals surface area (Å²) in [5.41, 5.74) is 1.13. The van der Waals surface area contributed by atoms with Crippen molar-refractivity contribution in [3.63, 3.8) is 0 Å². The summed E-state index contributed by atoms with van der Waals surface area (Å²) in [6.07, 6.45) is 4.32. The molecule has 0 spiro atoms. The maximum atomic E-state index is 15.2. The van der Waals surface area contributed by atoms with Crippen LogP contribution in [-0.4, -0.2) is 27.1 Å². The lowest BCUT2D eigenvalue weighted by molar-refractivity contribution is -0.143. The van der Waals surface area contributed by atoms with E-state index >= 15 is 4.39 Å². The number of anilines is 2. The number of fused-ring (bicyclic) bond motifs is 1. The van der Waals surface area contributed by atoms with Crippen molar-refractivity contribution in [2.24, 2.45) is 0 Å². The number of carbonyl (C=O) groups excluding carboxylic acids is 1. The molecule has 0 aliphatic rings. The zero-order valence-electron chi connectivity index (χ0n) is 22.6. The molecule has 1 N–H and O–H groups in total. The van der Waals surface area contributed by atoms with Gasteiger partial charge in [-0.2, -0.15) is 5.26 Å². The van der Waals surface area contributed by atoms with Crippen molar-refractivity contribution >= 4 is 40.0 Å². The van der Waals surface area contributed by atoms with E-state index in [2.05, 4.69) is 15.3 Å². The van der Waals surface area contributed by atoms with Gasteiger partial charge in [0.25, 0.3) is 0 Å². The maximum Gasteiger partial charge on any atom is 0.325 e. The molecule has 9 nitrogen and oxygen atoms in total. The number of hydrogen-bond donors (Lipinski definition) is 1. The first-order valence-corrected chi connectivity index (χ1v) is 13.3. The number of ether oxygens (including phenoxy) is 2. The number of rotatable bonds is 9. The number of nitrogens with one attached hydrogen (secondary N) is 1. The molecule has 3 heterocycles. The lowest BCUT2D eigenvalue weighted by atomic mass is 10.0. The van der Waals surface area contributed by atoms with Gasteiger partial charge in [-0.25, -0.2) is 13.8 Å². The molecule has 43 heavy (non-hydrogen) atoms. The highest BCUT2D eigenvalue weighted by molar-refractivity contribution is 6.32. The Bertz CT molecular complexity index is 1940. The van der Waals surface area contributed by atoms with Gasteiger partial charge in [0.15, 0.2) is 11.6 Å². The van der Waals surface area contributed by atoms with Gasteiger partial charge < -0.3 is 19.4 Å². The van der Waals surface area contributed by atoms with Crippen molar-refractivity contribution < 1.29 is 23.0 Å². The standard InChI is InChI=1S/C31H22ClF2N5O4/c1-2-42-27(40)17-39-16-21(18-3-5-19(33)6-4-18)30(41)28-24(39)10-13-37-31(28)38-20-7-8-25(22(34)15-20)43-26-11-14-36-23(9-12-35)29(26)32/h3-8,10-11,13-16H,2,9,17H2,1H3,(H,37,38). The van der Waals surface area contributed by atoms with Crippen LogP contribution in [0.5, 0.6) is 11.5 Å². The molecule has 0 saturated carbocycles. The molecular formula is C31H22ClF2N5O4. The van der Waals surface area contributed by atoms with E-state index in [0.717, 1.165) is 6.07 Å². The van der Waals surface area contributed by atoms with Gasteiger partial charge in [-0.05, 0) is 42.8 Å². The topological polar surface area (TPSA) is 119 Å². The second-order valence-electron chi connectivity index (χ2n) is 9.14. The number of halogens is 3. The minimum absolute atomic E-state index is 0.0379. The molecule has 0 saturated heterocycles. The lowest BCUT2D eigenvalue weighted by Gasteiger charge is -2.16. The summed E-state index contributed by atoms with van der Waals surface area (Å²) >= 11 is 6.26. The molecule has 0 bridgehead atoms. The van der Waals surface area contributed by atoms with Crippen LogP contribution in [0.15, 0.2) is 78.0 Å². The molecule has 12 heteroatoms. The number of pyridine rings is 3. The fraction of sp³-hybridized carbons (Fsp3) is 0.129. The summed E-state index contributed by atoms with van der Waals surface area (Å²) in [5, 5.41) is 12.2. The van der Waals surface area contributed by atoms with Crippen LogP contribution in [0.3, 0.4) is 0 Å². The van der Waals surface area contributed by atoms with E-state index in [1.54, 1.807) is 17.6 Å². The normalized spacial score (nSPS) is 10.8. The summed E-state index contributed by atoms with van der Waals surface area (Å²) in [6.45, 7) is 1.66. The van der Waals surface area contributed by atoms with Crippen LogP contribution >= 0.6 is 11.6 Å². The van der Waals surface area contributed by atoms with Crippen molar-refractivity contribution in [1.82, 2.24) is 14.5 Å². The molecule has 5 aromatic rings. The number of aromatic nitrogens is 3. The first kappa shape index (κ1) is 29.2. The van der Waals surface area contributed by atoms with Crippen molar-refractivity contribution in [2.75, 3.05) is 11.9 Å². The molecule has 0 radical (unpaired) electrons. The van der Waals surface area contributed by atoms with Crippen molar-refractivity contribution in [3.05, 3.63) is 106 Å². The van der Waals surface area contributed by atoms with Gasteiger partial charge in [-0.15, -0.1) is 0 Å². The quantitative estimate of drug-likeness (QED) is 0.189. The number of esters is 1. The molecular weight excluding hydrogens is 580 g/mol. The Kier molecular flexibility index (Phi) is 8.59. The van der Waals surface area contributed by atoms with Gasteiger partial charge in [0.05, 0.1) is 35.7 Å². The van der Waals surface area contributed by atoms with E-state index in [1.165, 1.54) is 61.1 Å². The minimum Gasteiger partial charge on any atom is -0.465 e. The van der Waals surface area contributed by atoms with Crippen LogP contribution in [0.25, 0.3) is 22.0 Å². The number of carbonyl (C=O) groups is 1. The highest BCUT2D eigenvalue weighted by Gasteiger charge is 2.18. The average molecular weight is 602 g/mol. The van der Waals surface area contributed by atoms with Gasteiger partial charge in [0.2, 0.25) is 5.43 Å². The molecule has 216 valence electrons. The summed E-state index contributed by atoms with van der Waals surface area (Å²) in [7, 11) is 0. The van der Waals surface area contributed by atoms with Crippen LogP contribution in [0.1, 0.15) is 12.6 Å². The molecule has 3 aromatic heterocycles. The van der Waals surface area contributed by atoms with Gasteiger partial charge in [0, 0.05) is 42.0 Å². The first-order valence-electron chi connectivity index (χ1n) is 13.0. The fourth-order valence-electron chi connectivity index (χ4n) is 4.40. The van der Waals surface area contributed by atoms with E-state index in [4.69, 9.17) is 26.3 Å². The van der Waals surface area contributed by atoms with Crippen molar-refractivity contribution in [1.29, 1.82) is 5.26 Å². The molecule has 0 unspecified atom stereocenters. The SMILES string of the molecule is CCOC(=O)Cn1cc(-c2ccc(F)cc2)c(=O)c2c(Nc3ccc(Oc4ccnc(CC#N)c4Cl)c(F)c3)nccc21. The molecule has 0 amide bonds. The Morgan fingerprint density at radius 1 is 1.07 bits per heavy atom. The second kappa shape index (κ2) is 12.7. The van der Waals surface area contributed by atoms with Crippen LogP contribution in [-0.2, 0) is 22.5 Å². The lowest BCUT2D eigenvalue weighted by Crippen LogP contribution is -2.19. The third kappa shape index (κ3) is 6.29. The first-order chi connectivity index (χ1) is 20.8. The highest BCUT2D eigenvalue weighted by atomic mass is 35.5. The molecule has 0 aliphatic heterocycles. The Morgan fingerprint density at radius 2 is 1.84 bits per heavy atom. The molecule has 2 aromatic carbocycles. The van der Waals surface area contributed by atoms with Gasteiger partial charge in [0.1, 0.15) is 29.0 Å². The molecule has 0 fully saturated rings. The Hall–Kier alpha value is -5.34. The Balaban J connectivity index is 1.54. The van der Waals surface area contributed by atoms with Crippen LogP contribution < -0.4 is 15.5 Å². The Morgan fingerprint density at radius 3 is 2.56 bits per heavy atom. The minimum atomic E-state index is -0.744. The summed E-state index contributed by atoms with van der Waals surface area (Å²) in [4.78, 5) is 34.5. The summed E-state index contributed by atoms with van der Waals surface area (Å²) in [6, 6.07) is 14.4. The molecule has 0 atom stereocenters. The average Bonchev–Trinajstić information content (AvgIpc) is 2.98. The number of nitrogens with zero attached hydrogens (tertiary/aromatic N) is 4. The predicted octanol–water partition coefficient (Wildman–Crippen LogP) is 6.56. The zero-order chi connectivity index (χ0) is 30.5. The monoisotopic (exact) mass is 601 g/mol. The van der Waals surface area contributed by atoms with Crippen LogP contribution in [0, 0.1) is 23.0 Å². The highest BCUT2D eigenvalue weighted by Crippen LogP contribution is 2.34. The van der Waals surface area contributed by atoms with Crippen LogP contribution in [0.2, 0.25) is 5.02 Å². The number of benzene rings is 2. The van der Waals surface area contributed by atoms with Crippen molar-refractivity contribution in [3.8, 4) is 28.7 Å². The predicted molar refractivity (Wildman–Crippen MR) is 156 cm³/mol. The van der Waals surface area contributed by atoms with Gasteiger partial charge in [-0.1, -0.05) is 23.7 Å². The summed E-state index contributed by atoms with van der Waals surface area (Å²) in [5.74, 6) is -1.63.